The molecule has 0 saturated carbocycles. The van der Waals surface area contributed by atoms with Crippen LogP contribution in [0.4, 0.5) is 0 Å². The van der Waals surface area contributed by atoms with E-state index in [1.54, 1.807) is 0 Å². The topological polar surface area (TPSA) is 3.24 Å². The van der Waals surface area contributed by atoms with Crippen molar-refractivity contribution in [3.8, 4) is 0 Å². The maximum Gasteiger partial charge on any atom is 0.0250 e. The SMILES string of the molecule is CN1CC=C(c2ccccc2Br)C1. The number of nitrogens with zero attached hydrogens (tertiary/aromatic N) is 1. The molecule has 1 heterocycles. The molecule has 2 rings (SSSR count). The molecule has 68 valence electrons. The van der Waals surface area contributed by atoms with Crippen molar-refractivity contribution in [3.05, 3.63) is 40.4 Å². The van der Waals surface area contributed by atoms with Crippen LogP contribution in [0.15, 0.2) is 34.8 Å². The van der Waals surface area contributed by atoms with Crippen molar-refractivity contribution in [2.24, 2.45) is 0 Å². The number of likely N-dealkylation sites (N-methyl/N-ethyl adjacent to an activating group) is 1. The first kappa shape index (κ1) is 8.97. The molecule has 1 aromatic carbocycles. The lowest BCUT2D eigenvalue weighted by Crippen LogP contribution is -2.13. The molecule has 0 fully saturated rings. The van der Waals surface area contributed by atoms with E-state index in [2.05, 4.69) is 52.2 Å². The Bertz CT molecular complexity index is 344. The fraction of sp³-hybridized carbons (Fsp3) is 0.273. The van der Waals surface area contributed by atoms with Crippen molar-refractivity contribution in [2.75, 3.05) is 20.1 Å². The lowest BCUT2D eigenvalue weighted by Gasteiger charge is -2.08. The molecule has 0 amide bonds. The van der Waals surface area contributed by atoms with Gasteiger partial charge in [0.2, 0.25) is 0 Å². The summed E-state index contributed by atoms with van der Waals surface area (Å²) in [6, 6.07) is 8.38. The zero-order chi connectivity index (χ0) is 9.26. The molecule has 13 heavy (non-hydrogen) atoms. The summed E-state index contributed by atoms with van der Waals surface area (Å²) in [7, 11) is 2.14. The normalized spacial score (nSPS) is 17.5. The zero-order valence-electron chi connectivity index (χ0n) is 7.63. The quantitative estimate of drug-likeness (QED) is 0.727. The van der Waals surface area contributed by atoms with Crippen LogP contribution in [0, 0.1) is 0 Å². The average Bonchev–Trinajstić information content (AvgIpc) is 2.53. The predicted molar refractivity (Wildman–Crippen MR) is 59.6 cm³/mol. The molecule has 1 aromatic rings. The molecule has 0 saturated heterocycles. The fourth-order valence-electron chi connectivity index (χ4n) is 1.60. The van der Waals surface area contributed by atoms with Gasteiger partial charge in [0.15, 0.2) is 0 Å². The molecule has 0 radical (unpaired) electrons. The highest BCUT2D eigenvalue weighted by atomic mass is 79.9. The summed E-state index contributed by atoms with van der Waals surface area (Å²) >= 11 is 3.57. The maximum atomic E-state index is 3.57. The van der Waals surface area contributed by atoms with Crippen LogP contribution in [0.1, 0.15) is 5.56 Å². The average molecular weight is 238 g/mol. The highest BCUT2D eigenvalue weighted by Crippen LogP contribution is 2.26. The van der Waals surface area contributed by atoms with Crippen molar-refractivity contribution in [1.29, 1.82) is 0 Å². The molecule has 0 unspecified atom stereocenters. The Balaban J connectivity index is 2.31. The summed E-state index contributed by atoms with van der Waals surface area (Å²) in [5.41, 5.74) is 2.75. The summed E-state index contributed by atoms with van der Waals surface area (Å²) in [5.74, 6) is 0. The van der Waals surface area contributed by atoms with Crippen LogP contribution in [0.3, 0.4) is 0 Å². The van der Waals surface area contributed by atoms with Crippen molar-refractivity contribution in [1.82, 2.24) is 4.90 Å². The van der Waals surface area contributed by atoms with E-state index in [4.69, 9.17) is 0 Å². The van der Waals surface area contributed by atoms with Gasteiger partial charge in [0, 0.05) is 17.6 Å². The molecule has 0 spiro atoms. The largest absolute Gasteiger partial charge is 0.298 e. The first-order valence-corrected chi connectivity index (χ1v) is 5.19. The molecule has 0 aromatic heterocycles. The van der Waals surface area contributed by atoms with E-state index >= 15 is 0 Å². The van der Waals surface area contributed by atoms with Crippen LogP contribution in [-0.4, -0.2) is 25.0 Å². The van der Waals surface area contributed by atoms with Crippen LogP contribution >= 0.6 is 15.9 Å². The summed E-state index contributed by atoms with van der Waals surface area (Å²) in [4.78, 5) is 2.30. The van der Waals surface area contributed by atoms with E-state index in [1.165, 1.54) is 15.6 Å². The van der Waals surface area contributed by atoms with E-state index in [-0.39, 0.29) is 0 Å². The molecule has 0 aliphatic carbocycles. The number of rotatable bonds is 1. The number of hydrogen-bond donors (Lipinski definition) is 0. The lowest BCUT2D eigenvalue weighted by molar-refractivity contribution is 0.438. The summed E-state index contributed by atoms with van der Waals surface area (Å²) in [6.07, 6.45) is 2.29. The van der Waals surface area contributed by atoms with Crippen molar-refractivity contribution < 1.29 is 0 Å². The van der Waals surface area contributed by atoms with Crippen LogP contribution in [0.25, 0.3) is 5.57 Å². The number of hydrogen-bond acceptors (Lipinski definition) is 1. The fourth-order valence-corrected chi connectivity index (χ4v) is 2.14. The van der Waals surface area contributed by atoms with Gasteiger partial charge in [0.05, 0.1) is 0 Å². The summed E-state index contributed by atoms with van der Waals surface area (Å²) in [5, 5.41) is 0. The predicted octanol–water partition coefficient (Wildman–Crippen LogP) is 2.78. The smallest absolute Gasteiger partial charge is 0.0250 e. The Morgan fingerprint density at radius 1 is 1.31 bits per heavy atom. The Labute approximate surface area is 87.2 Å². The van der Waals surface area contributed by atoms with E-state index in [9.17, 15) is 0 Å². The molecule has 1 nitrogen and oxygen atoms in total. The van der Waals surface area contributed by atoms with Gasteiger partial charge in [0.1, 0.15) is 0 Å². The van der Waals surface area contributed by atoms with E-state index in [0.29, 0.717) is 0 Å². The van der Waals surface area contributed by atoms with Crippen molar-refractivity contribution in [2.45, 2.75) is 0 Å². The minimum Gasteiger partial charge on any atom is -0.298 e. The number of halogens is 1. The summed E-state index contributed by atoms with van der Waals surface area (Å²) < 4.78 is 1.19. The highest BCUT2D eigenvalue weighted by molar-refractivity contribution is 9.10. The van der Waals surface area contributed by atoms with Gasteiger partial charge < -0.3 is 0 Å². The third kappa shape index (κ3) is 1.84. The van der Waals surface area contributed by atoms with E-state index in [0.717, 1.165) is 13.1 Å². The van der Waals surface area contributed by atoms with Crippen molar-refractivity contribution in [3.63, 3.8) is 0 Å². The van der Waals surface area contributed by atoms with Crippen LogP contribution in [0.5, 0.6) is 0 Å². The van der Waals surface area contributed by atoms with Gasteiger partial charge in [-0.25, -0.2) is 0 Å². The van der Waals surface area contributed by atoms with Crippen LogP contribution in [-0.2, 0) is 0 Å². The summed E-state index contributed by atoms with van der Waals surface area (Å²) in [6.45, 7) is 2.12. The Hall–Kier alpha value is -0.600. The van der Waals surface area contributed by atoms with Crippen molar-refractivity contribution >= 4 is 21.5 Å². The first-order valence-electron chi connectivity index (χ1n) is 4.40. The Kier molecular flexibility index (Phi) is 2.51. The molecule has 1 aliphatic rings. The van der Waals surface area contributed by atoms with E-state index in [1.807, 2.05) is 6.07 Å². The minimum absolute atomic E-state index is 1.06. The zero-order valence-corrected chi connectivity index (χ0v) is 9.21. The lowest BCUT2D eigenvalue weighted by atomic mass is 10.1. The van der Waals surface area contributed by atoms with Crippen LogP contribution < -0.4 is 0 Å². The minimum atomic E-state index is 1.06. The molecular weight excluding hydrogens is 226 g/mol. The van der Waals surface area contributed by atoms with Crippen LogP contribution in [0.2, 0.25) is 0 Å². The Morgan fingerprint density at radius 2 is 2.08 bits per heavy atom. The monoisotopic (exact) mass is 237 g/mol. The van der Waals surface area contributed by atoms with Gasteiger partial charge in [-0.15, -0.1) is 0 Å². The highest BCUT2D eigenvalue weighted by Gasteiger charge is 2.12. The molecule has 0 N–H and O–H groups in total. The first-order chi connectivity index (χ1) is 6.27. The molecule has 0 atom stereocenters. The molecule has 0 bridgehead atoms. The second kappa shape index (κ2) is 3.64. The third-order valence-corrected chi connectivity index (χ3v) is 3.00. The second-order valence-electron chi connectivity index (χ2n) is 3.41. The van der Waals surface area contributed by atoms with Gasteiger partial charge in [-0.1, -0.05) is 40.2 Å². The van der Waals surface area contributed by atoms with Gasteiger partial charge in [0.25, 0.3) is 0 Å². The number of benzene rings is 1. The van der Waals surface area contributed by atoms with Gasteiger partial charge >= 0.3 is 0 Å². The Morgan fingerprint density at radius 3 is 2.69 bits per heavy atom. The van der Waals surface area contributed by atoms with E-state index < -0.39 is 0 Å². The maximum absolute atomic E-state index is 3.57. The molecular formula is C11H12BrN. The molecule has 2 heteroatoms. The molecule has 1 aliphatic heterocycles. The van der Waals surface area contributed by atoms with Gasteiger partial charge in [-0.3, -0.25) is 4.90 Å². The third-order valence-electron chi connectivity index (χ3n) is 2.31. The van der Waals surface area contributed by atoms with Gasteiger partial charge in [-0.05, 0) is 24.3 Å². The second-order valence-corrected chi connectivity index (χ2v) is 4.26. The standard InChI is InChI=1S/C11H12BrN/c1-13-7-6-9(8-13)10-4-2-3-5-11(10)12/h2-6H,7-8H2,1H3. The van der Waals surface area contributed by atoms with Gasteiger partial charge in [-0.2, -0.15) is 0 Å².